The SMILES string of the molecule is C=C(C[s+]1cccc1)C(=O)OCC. The summed E-state index contributed by atoms with van der Waals surface area (Å²) in [6.07, 6.45) is 0. The number of carbonyl (C=O) groups is 1. The number of carbonyl (C=O) groups excluding carboxylic acids is 1. The van der Waals surface area contributed by atoms with Crippen molar-refractivity contribution in [3.8, 4) is 0 Å². The van der Waals surface area contributed by atoms with E-state index in [-0.39, 0.29) is 16.4 Å². The van der Waals surface area contributed by atoms with E-state index in [0.717, 1.165) is 0 Å². The van der Waals surface area contributed by atoms with Gasteiger partial charge in [-0.2, -0.15) is 0 Å². The Morgan fingerprint density at radius 3 is 2.62 bits per heavy atom. The highest BCUT2D eigenvalue weighted by Gasteiger charge is 2.13. The van der Waals surface area contributed by atoms with Crippen LogP contribution in [0.4, 0.5) is 0 Å². The molecule has 0 fully saturated rings. The van der Waals surface area contributed by atoms with E-state index >= 15 is 0 Å². The molecule has 13 heavy (non-hydrogen) atoms. The summed E-state index contributed by atoms with van der Waals surface area (Å²) >= 11 is 0. The first-order valence-corrected chi connectivity index (χ1v) is 5.64. The third kappa shape index (κ3) is 3.03. The molecule has 0 aliphatic rings. The lowest BCUT2D eigenvalue weighted by Crippen LogP contribution is -2.06. The van der Waals surface area contributed by atoms with Crippen LogP contribution < -0.4 is 0 Å². The van der Waals surface area contributed by atoms with Crippen molar-refractivity contribution in [3.05, 3.63) is 35.0 Å². The van der Waals surface area contributed by atoms with Gasteiger partial charge in [-0.15, -0.1) is 0 Å². The Labute approximate surface area is 80.8 Å². The maximum Gasteiger partial charge on any atom is 0.338 e. The first kappa shape index (κ1) is 9.99. The van der Waals surface area contributed by atoms with Gasteiger partial charge in [0.1, 0.15) is 10.8 Å². The van der Waals surface area contributed by atoms with E-state index in [1.807, 2.05) is 12.1 Å². The lowest BCUT2D eigenvalue weighted by molar-refractivity contribution is -0.138. The topological polar surface area (TPSA) is 26.3 Å². The lowest BCUT2D eigenvalue weighted by Gasteiger charge is -1.99. The van der Waals surface area contributed by atoms with E-state index in [2.05, 4.69) is 17.3 Å². The molecule has 70 valence electrons. The minimum absolute atomic E-state index is 0.0570. The van der Waals surface area contributed by atoms with Gasteiger partial charge >= 0.3 is 5.97 Å². The van der Waals surface area contributed by atoms with Crippen molar-refractivity contribution < 1.29 is 9.53 Å². The Balaban J connectivity index is 2.46. The third-order valence-electron chi connectivity index (χ3n) is 1.52. The molecular formula is C10H13O2S+. The molecule has 0 amide bonds. The van der Waals surface area contributed by atoms with Gasteiger partial charge in [0.2, 0.25) is 0 Å². The number of hydrogen-bond acceptors (Lipinski definition) is 2. The molecule has 0 bridgehead atoms. The average molecular weight is 197 g/mol. The summed E-state index contributed by atoms with van der Waals surface area (Å²) in [5, 5.41) is 4.15. The Bertz CT molecular complexity index is 288. The first-order valence-electron chi connectivity index (χ1n) is 4.12. The highest BCUT2D eigenvalue weighted by Crippen LogP contribution is 2.21. The highest BCUT2D eigenvalue weighted by molar-refractivity contribution is 7.28. The van der Waals surface area contributed by atoms with Crippen molar-refractivity contribution in [2.45, 2.75) is 12.7 Å². The number of rotatable bonds is 4. The van der Waals surface area contributed by atoms with Gasteiger partial charge in [-0.25, -0.2) is 4.79 Å². The van der Waals surface area contributed by atoms with Gasteiger partial charge in [0.25, 0.3) is 0 Å². The van der Waals surface area contributed by atoms with Crippen LogP contribution in [0.25, 0.3) is 0 Å². The van der Waals surface area contributed by atoms with Gasteiger partial charge in [0.15, 0.2) is 5.75 Å². The van der Waals surface area contributed by atoms with Crippen LogP contribution in [0.1, 0.15) is 6.92 Å². The third-order valence-corrected chi connectivity index (χ3v) is 3.22. The van der Waals surface area contributed by atoms with Gasteiger partial charge in [-0.1, -0.05) is 6.58 Å². The van der Waals surface area contributed by atoms with Gasteiger partial charge in [-0.05, 0) is 29.5 Å². The van der Waals surface area contributed by atoms with Crippen molar-refractivity contribution in [1.82, 2.24) is 0 Å². The number of thiophene rings is 1. The van der Waals surface area contributed by atoms with Crippen LogP contribution in [0.15, 0.2) is 35.0 Å². The second-order valence-electron chi connectivity index (χ2n) is 2.59. The molecule has 1 aromatic heterocycles. The largest absolute Gasteiger partial charge is 0.462 e. The molecule has 1 aromatic rings. The van der Waals surface area contributed by atoms with Crippen molar-refractivity contribution in [2.75, 3.05) is 6.61 Å². The predicted octanol–water partition coefficient (Wildman–Crippen LogP) is 2.56. The van der Waals surface area contributed by atoms with E-state index in [0.29, 0.717) is 17.9 Å². The summed E-state index contributed by atoms with van der Waals surface area (Å²) in [6, 6.07) is 3.98. The van der Waals surface area contributed by atoms with Gasteiger partial charge in [-0.3, -0.25) is 0 Å². The molecule has 0 N–H and O–H groups in total. The van der Waals surface area contributed by atoms with E-state index in [9.17, 15) is 4.79 Å². The Kier molecular flexibility index (Phi) is 3.71. The molecule has 0 atom stereocenters. The standard InChI is InChI=1S/C10H13O2S/c1-3-12-10(11)9(2)8-13-6-4-5-7-13/h4-7H,2-3,8H2,1H3/q+1. The van der Waals surface area contributed by atoms with E-state index in [1.54, 1.807) is 6.92 Å². The molecule has 0 aromatic carbocycles. The fourth-order valence-electron chi connectivity index (χ4n) is 0.927. The molecule has 0 saturated carbocycles. The molecule has 0 radical (unpaired) electrons. The van der Waals surface area contributed by atoms with E-state index < -0.39 is 0 Å². The van der Waals surface area contributed by atoms with Crippen LogP contribution in [0.5, 0.6) is 0 Å². The van der Waals surface area contributed by atoms with Crippen molar-refractivity contribution >= 4 is 16.4 Å². The zero-order valence-corrected chi connectivity index (χ0v) is 8.47. The first-order chi connectivity index (χ1) is 6.24. The molecule has 1 rings (SSSR count). The molecule has 0 aliphatic carbocycles. The van der Waals surface area contributed by atoms with Gasteiger partial charge < -0.3 is 4.74 Å². The quantitative estimate of drug-likeness (QED) is 0.421. The lowest BCUT2D eigenvalue weighted by atomic mass is 10.4. The molecule has 0 saturated heterocycles. The minimum Gasteiger partial charge on any atom is -0.462 e. The fourth-order valence-corrected chi connectivity index (χ4v) is 2.32. The summed E-state index contributed by atoms with van der Waals surface area (Å²) in [6.45, 7) is 5.91. The Morgan fingerprint density at radius 2 is 2.08 bits per heavy atom. The number of esters is 1. The molecule has 3 heteroatoms. The molecule has 0 spiro atoms. The molecule has 0 aliphatic heterocycles. The van der Waals surface area contributed by atoms with Crippen LogP contribution in [0.3, 0.4) is 0 Å². The van der Waals surface area contributed by atoms with Crippen LogP contribution >= 0.6 is 10.5 Å². The summed E-state index contributed by atoms with van der Waals surface area (Å²) < 4.78 is 4.83. The zero-order chi connectivity index (χ0) is 9.68. The maximum atomic E-state index is 11.2. The van der Waals surface area contributed by atoms with Crippen molar-refractivity contribution in [1.29, 1.82) is 0 Å². The number of ether oxygens (including phenoxy) is 1. The van der Waals surface area contributed by atoms with Crippen LogP contribution in [-0.4, -0.2) is 12.6 Å². The van der Waals surface area contributed by atoms with E-state index in [1.165, 1.54) is 0 Å². The average Bonchev–Trinajstić information content (AvgIpc) is 2.57. The maximum absolute atomic E-state index is 11.2. The second kappa shape index (κ2) is 4.82. The summed E-state index contributed by atoms with van der Waals surface area (Å²) in [5.41, 5.74) is 0.557. The molecular weight excluding hydrogens is 184 g/mol. The van der Waals surface area contributed by atoms with Crippen LogP contribution in [0, 0.1) is 0 Å². The van der Waals surface area contributed by atoms with Crippen LogP contribution in [-0.2, 0) is 15.3 Å². The molecule has 0 unspecified atom stereocenters. The van der Waals surface area contributed by atoms with Gasteiger partial charge in [0.05, 0.1) is 12.2 Å². The monoisotopic (exact) mass is 197 g/mol. The summed E-state index contributed by atoms with van der Waals surface area (Å²) in [7, 11) is 0.0570. The van der Waals surface area contributed by atoms with Gasteiger partial charge in [0, 0.05) is 0 Å². The van der Waals surface area contributed by atoms with Crippen molar-refractivity contribution in [3.63, 3.8) is 0 Å². The molecule has 1 heterocycles. The normalized spacial score (nSPS) is 9.62. The number of hydrogen-bond donors (Lipinski definition) is 0. The summed E-state index contributed by atoms with van der Waals surface area (Å²) in [4.78, 5) is 11.2. The zero-order valence-electron chi connectivity index (χ0n) is 7.66. The smallest absolute Gasteiger partial charge is 0.338 e. The van der Waals surface area contributed by atoms with Crippen molar-refractivity contribution in [2.24, 2.45) is 0 Å². The minimum atomic E-state index is -0.274. The highest BCUT2D eigenvalue weighted by atomic mass is 32.2. The fraction of sp³-hybridized carbons (Fsp3) is 0.300. The predicted molar refractivity (Wildman–Crippen MR) is 54.7 cm³/mol. The van der Waals surface area contributed by atoms with Crippen LogP contribution in [0.2, 0.25) is 0 Å². The molecule has 2 nitrogen and oxygen atoms in total. The Hall–Kier alpha value is -1.09. The van der Waals surface area contributed by atoms with E-state index in [4.69, 9.17) is 4.74 Å². The Morgan fingerprint density at radius 1 is 1.46 bits per heavy atom. The second-order valence-corrected chi connectivity index (χ2v) is 4.37. The summed E-state index contributed by atoms with van der Waals surface area (Å²) in [5.74, 6) is 0.412.